The van der Waals surface area contributed by atoms with Gasteiger partial charge in [0.25, 0.3) is 0 Å². The Morgan fingerprint density at radius 2 is 0.600 bits per heavy atom. The van der Waals surface area contributed by atoms with Gasteiger partial charge in [0.15, 0.2) is 0 Å². The fourth-order valence-corrected chi connectivity index (χ4v) is 0. The summed E-state index contributed by atoms with van der Waals surface area (Å²) in [6.07, 6.45) is 0. The van der Waals surface area contributed by atoms with Gasteiger partial charge in [-0.15, -0.1) is 0 Å². The Bertz CT molecular complexity index is 6.85. The largest absolute Gasteiger partial charge is 2.00 e. The van der Waals surface area contributed by atoms with Crippen LogP contribution in [0.3, 0.4) is 0 Å². The summed E-state index contributed by atoms with van der Waals surface area (Å²) >= 11 is 0. The molecular formula is CaCl3Zn+. The summed E-state index contributed by atoms with van der Waals surface area (Å²) in [5.74, 6) is 0. The molecular weight excluding hydrogens is 212 g/mol. The molecule has 0 saturated carbocycles. The molecule has 0 aromatic carbocycles. The Morgan fingerprint density at radius 1 is 0.600 bits per heavy atom. The first-order valence-electron chi connectivity index (χ1n) is 0. The third kappa shape index (κ3) is 20.1. The van der Waals surface area contributed by atoms with E-state index >= 15 is 0 Å². The minimum atomic E-state index is 0. The first-order chi connectivity index (χ1) is 0. The van der Waals surface area contributed by atoms with Gasteiger partial charge in [-0.25, -0.2) is 0 Å². The second-order valence-corrected chi connectivity index (χ2v) is 0. The minimum Gasteiger partial charge on any atom is -1.00 e. The fourth-order valence-electron chi connectivity index (χ4n) is 0. The van der Waals surface area contributed by atoms with Gasteiger partial charge in [-0.2, -0.15) is 0 Å². The van der Waals surface area contributed by atoms with E-state index in [-0.39, 0.29) is 94.4 Å². The van der Waals surface area contributed by atoms with Gasteiger partial charge in [0.1, 0.15) is 0 Å². The summed E-state index contributed by atoms with van der Waals surface area (Å²) < 4.78 is 0. The second-order valence-electron chi connectivity index (χ2n) is 0. The molecule has 0 atom stereocenters. The molecule has 0 aliphatic carbocycles. The van der Waals surface area contributed by atoms with Crippen LogP contribution in [0.2, 0.25) is 0 Å². The Kier molecular flexibility index (Phi) is 275. The van der Waals surface area contributed by atoms with Crippen molar-refractivity contribution in [1.29, 1.82) is 0 Å². The van der Waals surface area contributed by atoms with Gasteiger partial charge in [0.2, 0.25) is 0 Å². The summed E-state index contributed by atoms with van der Waals surface area (Å²) in [7, 11) is 0. The maximum Gasteiger partial charge on any atom is 2.00 e. The summed E-state index contributed by atoms with van der Waals surface area (Å²) in [6.45, 7) is 0. The molecule has 24 valence electrons. The van der Waals surface area contributed by atoms with E-state index in [0.717, 1.165) is 0 Å². The average molecular weight is 212 g/mol. The summed E-state index contributed by atoms with van der Waals surface area (Å²) in [5.41, 5.74) is 0. The van der Waals surface area contributed by atoms with Crippen molar-refractivity contribution in [2.75, 3.05) is 0 Å². The smallest absolute Gasteiger partial charge is 1.00 e. The predicted octanol–water partition coefficient (Wildman–Crippen LogP) is -9.37. The average Bonchev–Trinajstić information content (AvgIpc) is 0. The number of hydrogen-bond acceptors (Lipinski definition) is 0. The monoisotopic (exact) mass is 209 g/mol. The molecule has 0 saturated heterocycles. The van der Waals surface area contributed by atoms with E-state index < -0.39 is 0 Å². The SMILES string of the molecule is [Ca+2].[Cl-].[Cl-].[Cl-].[Zn+2]. The molecule has 0 spiro atoms. The summed E-state index contributed by atoms with van der Waals surface area (Å²) in [4.78, 5) is 0. The molecule has 0 aromatic heterocycles. The molecule has 5 heavy (non-hydrogen) atoms. The van der Waals surface area contributed by atoms with Crippen LogP contribution in [0.5, 0.6) is 0 Å². The zero-order chi connectivity index (χ0) is 0. The Morgan fingerprint density at radius 3 is 0.600 bits per heavy atom. The van der Waals surface area contributed by atoms with Crippen molar-refractivity contribution >= 4 is 37.7 Å². The molecule has 0 fully saturated rings. The summed E-state index contributed by atoms with van der Waals surface area (Å²) in [6, 6.07) is 0. The molecule has 0 aliphatic heterocycles. The zero-order valence-corrected chi connectivity index (χ0v) is 9.99. The van der Waals surface area contributed by atoms with E-state index in [9.17, 15) is 0 Å². The molecule has 0 aliphatic rings. The zero-order valence-electron chi connectivity index (χ0n) is 2.55. The molecule has 0 aromatic rings. The third-order valence-electron chi connectivity index (χ3n) is 0. The van der Waals surface area contributed by atoms with Crippen molar-refractivity contribution in [3.8, 4) is 0 Å². The molecule has 0 N–H and O–H groups in total. The first kappa shape index (κ1) is 46.6. The van der Waals surface area contributed by atoms with Gasteiger partial charge in [0, 0.05) is 0 Å². The van der Waals surface area contributed by atoms with Gasteiger partial charge >= 0.3 is 57.2 Å². The van der Waals surface area contributed by atoms with Crippen LogP contribution in [0.25, 0.3) is 0 Å². The minimum absolute atomic E-state index is 0. The maximum atomic E-state index is 0. The van der Waals surface area contributed by atoms with Crippen molar-refractivity contribution in [3.05, 3.63) is 0 Å². The van der Waals surface area contributed by atoms with Gasteiger partial charge in [0.05, 0.1) is 0 Å². The predicted molar refractivity (Wildman–Crippen MR) is 5.75 cm³/mol. The summed E-state index contributed by atoms with van der Waals surface area (Å²) in [5, 5.41) is 0. The van der Waals surface area contributed by atoms with E-state index in [2.05, 4.69) is 0 Å². The van der Waals surface area contributed by atoms with Gasteiger partial charge in [-0.1, -0.05) is 0 Å². The topological polar surface area (TPSA) is 0 Å². The van der Waals surface area contributed by atoms with Crippen molar-refractivity contribution < 1.29 is 56.7 Å². The Balaban J connectivity index is 0. The second kappa shape index (κ2) is 29.5. The maximum absolute atomic E-state index is 0. The molecule has 0 amide bonds. The molecule has 0 heterocycles. The van der Waals surface area contributed by atoms with Crippen LogP contribution >= 0.6 is 0 Å². The van der Waals surface area contributed by atoms with Crippen LogP contribution < -0.4 is 37.2 Å². The van der Waals surface area contributed by atoms with Gasteiger partial charge < -0.3 is 37.2 Å². The van der Waals surface area contributed by atoms with E-state index in [1.807, 2.05) is 0 Å². The molecule has 0 radical (unpaired) electrons. The molecule has 0 nitrogen and oxygen atoms in total. The standard InChI is InChI=1S/Ca.3ClH.Zn/h;3*1H;/q+2;;;;+2/p-3. The van der Waals surface area contributed by atoms with E-state index in [0.29, 0.717) is 0 Å². The Labute approximate surface area is 92.8 Å². The van der Waals surface area contributed by atoms with Crippen LogP contribution in [0, 0.1) is 0 Å². The number of halogens is 3. The van der Waals surface area contributed by atoms with E-state index in [1.165, 1.54) is 0 Å². The van der Waals surface area contributed by atoms with Crippen LogP contribution in [0.15, 0.2) is 0 Å². The quantitative estimate of drug-likeness (QED) is 0.350. The first-order valence-corrected chi connectivity index (χ1v) is 0. The van der Waals surface area contributed by atoms with Crippen molar-refractivity contribution in [2.24, 2.45) is 0 Å². The van der Waals surface area contributed by atoms with Crippen molar-refractivity contribution in [1.82, 2.24) is 0 Å². The van der Waals surface area contributed by atoms with Gasteiger partial charge in [-0.05, 0) is 0 Å². The normalized spacial score (nSPS) is 0. The van der Waals surface area contributed by atoms with E-state index in [1.54, 1.807) is 0 Å². The third-order valence-corrected chi connectivity index (χ3v) is 0. The van der Waals surface area contributed by atoms with Crippen molar-refractivity contribution in [2.45, 2.75) is 0 Å². The Hall–Kier alpha value is 2.75. The van der Waals surface area contributed by atoms with Crippen molar-refractivity contribution in [3.63, 3.8) is 0 Å². The van der Waals surface area contributed by atoms with E-state index in [4.69, 9.17) is 0 Å². The molecule has 0 rings (SSSR count). The number of rotatable bonds is 0. The van der Waals surface area contributed by atoms with Crippen LogP contribution in [0.4, 0.5) is 0 Å². The molecule has 0 unspecified atom stereocenters. The fraction of sp³-hybridized carbons (Fsp3) is 0. The van der Waals surface area contributed by atoms with Crippen LogP contribution in [0.1, 0.15) is 0 Å². The molecule has 5 heteroatoms. The molecule has 0 bridgehead atoms. The van der Waals surface area contributed by atoms with Gasteiger partial charge in [-0.3, -0.25) is 0 Å². The van der Waals surface area contributed by atoms with Crippen LogP contribution in [-0.2, 0) is 19.5 Å². The van der Waals surface area contributed by atoms with Crippen LogP contribution in [-0.4, -0.2) is 37.7 Å². The number of hydrogen-bond donors (Lipinski definition) is 0.